The van der Waals surface area contributed by atoms with E-state index in [1.54, 1.807) is 13.2 Å². The molecular formula is C38H61BN6O9. The molecule has 2 radical (unpaired) electrons. The first-order chi connectivity index (χ1) is 25.7. The number of aryl methyl sites for hydroxylation is 1. The maximum Gasteiger partial charge on any atom is 0.312 e. The van der Waals surface area contributed by atoms with E-state index in [-0.39, 0.29) is 57.4 Å². The van der Waals surface area contributed by atoms with Crippen LogP contribution in [0.4, 0.5) is 10.5 Å². The van der Waals surface area contributed by atoms with Crippen molar-refractivity contribution in [1.82, 2.24) is 20.9 Å². The summed E-state index contributed by atoms with van der Waals surface area (Å²) in [6.07, 6.45) is 7.68. The fourth-order valence-corrected chi connectivity index (χ4v) is 5.01. The molecule has 15 nitrogen and oxygen atoms in total. The first kappa shape index (κ1) is 47.7. The van der Waals surface area contributed by atoms with Gasteiger partial charge in [0.05, 0.1) is 45.9 Å². The Kier molecular flexibility index (Phi) is 23.4. The van der Waals surface area contributed by atoms with Gasteiger partial charge in [0.2, 0.25) is 17.7 Å². The number of amides is 7. The number of benzene rings is 1. The first-order valence-corrected chi connectivity index (χ1v) is 18.7. The number of carbonyl (C=O) groups excluding carboxylic acids is 6. The number of nitrogens with zero attached hydrogens (tertiary/aromatic N) is 1. The van der Waals surface area contributed by atoms with E-state index < -0.39 is 41.6 Å². The highest BCUT2D eigenvalue weighted by Gasteiger charge is 2.23. The molecule has 0 aromatic heterocycles. The van der Waals surface area contributed by atoms with Crippen molar-refractivity contribution in [3.8, 4) is 0 Å². The summed E-state index contributed by atoms with van der Waals surface area (Å²) in [5, 5.41) is 10.5. The lowest BCUT2D eigenvalue weighted by molar-refractivity contribution is -0.138. The van der Waals surface area contributed by atoms with Crippen LogP contribution in [-0.4, -0.2) is 113 Å². The van der Waals surface area contributed by atoms with Crippen LogP contribution in [0.25, 0.3) is 0 Å². The molecule has 0 saturated heterocycles. The summed E-state index contributed by atoms with van der Waals surface area (Å²) in [5.74, 6) is -2.36. The van der Waals surface area contributed by atoms with Crippen LogP contribution in [0.15, 0.2) is 30.4 Å². The number of hydrogen-bond donors (Lipinski definition) is 5. The molecule has 1 aliphatic rings. The molecule has 1 heterocycles. The summed E-state index contributed by atoms with van der Waals surface area (Å²) in [6, 6.07) is 3.81. The number of carbonyl (C=O) groups is 6. The van der Waals surface area contributed by atoms with Gasteiger partial charge < -0.3 is 41.2 Å². The fraction of sp³-hybridized carbons (Fsp3) is 0.632. The van der Waals surface area contributed by atoms with E-state index in [4.69, 9.17) is 27.8 Å². The summed E-state index contributed by atoms with van der Waals surface area (Å²) < 4.78 is 16.7. The van der Waals surface area contributed by atoms with Crippen LogP contribution in [0.3, 0.4) is 0 Å². The minimum atomic E-state index is -0.975. The fourth-order valence-electron chi connectivity index (χ4n) is 5.01. The van der Waals surface area contributed by atoms with Crippen molar-refractivity contribution >= 4 is 49.1 Å². The van der Waals surface area contributed by atoms with Crippen LogP contribution in [0.2, 0.25) is 0 Å². The van der Waals surface area contributed by atoms with E-state index in [9.17, 15) is 28.8 Å². The number of nitrogens with two attached hydrogens (primary N) is 1. The Hall–Kier alpha value is -4.28. The van der Waals surface area contributed by atoms with E-state index in [0.717, 1.165) is 41.7 Å². The molecule has 0 spiro atoms. The Bertz CT molecular complexity index is 1370. The molecule has 0 aliphatic carbocycles. The minimum Gasteiger partial charge on any atom is -0.379 e. The Morgan fingerprint density at radius 3 is 2.26 bits per heavy atom. The van der Waals surface area contributed by atoms with Gasteiger partial charge in [0.25, 0.3) is 11.8 Å². The summed E-state index contributed by atoms with van der Waals surface area (Å²) in [7, 11) is 7.68. The maximum absolute atomic E-state index is 13.4. The van der Waals surface area contributed by atoms with Crippen molar-refractivity contribution in [3.05, 3.63) is 41.5 Å². The Morgan fingerprint density at radius 2 is 1.63 bits per heavy atom. The zero-order chi connectivity index (χ0) is 40.5. The van der Waals surface area contributed by atoms with Crippen molar-refractivity contribution in [2.24, 2.45) is 5.73 Å². The normalized spacial score (nSPS) is 13.5. The summed E-state index contributed by atoms with van der Waals surface area (Å²) in [4.78, 5) is 73.6. The Labute approximate surface area is 321 Å². The van der Waals surface area contributed by atoms with Crippen LogP contribution < -0.4 is 27.0 Å². The lowest BCUT2D eigenvalue weighted by atomic mass is 9.90. The van der Waals surface area contributed by atoms with Crippen LogP contribution in [0.5, 0.6) is 0 Å². The number of imide groups is 1. The number of methoxy groups -OCH3 is 1. The van der Waals surface area contributed by atoms with Crippen molar-refractivity contribution in [2.45, 2.75) is 110 Å². The molecule has 16 heteroatoms. The van der Waals surface area contributed by atoms with Gasteiger partial charge in [0.15, 0.2) is 0 Å². The topological polar surface area (TPSA) is 207 Å². The highest BCUT2D eigenvalue weighted by atomic mass is 16.5. The average Bonchev–Trinajstić information content (AvgIpc) is 3.44. The standard InChI is InChI=1S/C35H53BN6O9.C3H8/c1-24(51-19-15-35(2,3)49-4)7-5-8-25-21-27(11-10-26(25)22-36)40-33(47)28(9-6-16-38-34(37)48)41-30(44)23-39-29(43)14-18-50-20-17-42-31(45)12-13-32(42)46;1-3-2/h10-13,21,24,28H,5-9,14-20,22-23H2,1-4H3,(H,39,43)(H,40,47)(H,41,44)(H3,37,38,48);3H2,1-2H3. The van der Waals surface area contributed by atoms with Crippen molar-refractivity contribution < 1.29 is 43.0 Å². The quantitative estimate of drug-likeness (QED) is 0.0564. The molecule has 1 aromatic carbocycles. The van der Waals surface area contributed by atoms with Gasteiger partial charge in [-0.3, -0.25) is 28.9 Å². The molecule has 0 saturated carbocycles. The number of urea groups is 1. The first-order valence-electron chi connectivity index (χ1n) is 18.7. The number of rotatable bonds is 25. The van der Waals surface area contributed by atoms with E-state index >= 15 is 0 Å². The lowest BCUT2D eigenvalue weighted by Gasteiger charge is -2.23. The van der Waals surface area contributed by atoms with Gasteiger partial charge in [0, 0.05) is 44.5 Å². The number of anilines is 1. The highest BCUT2D eigenvalue weighted by Crippen LogP contribution is 2.20. The van der Waals surface area contributed by atoms with Gasteiger partial charge in [-0.05, 0) is 77.0 Å². The molecule has 1 aliphatic heterocycles. The predicted molar refractivity (Wildman–Crippen MR) is 208 cm³/mol. The molecule has 2 atom stereocenters. The number of nitrogens with one attached hydrogen (secondary N) is 4. The van der Waals surface area contributed by atoms with Gasteiger partial charge in [-0.25, -0.2) is 4.79 Å². The molecule has 0 bridgehead atoms. The van der Waals surface area contributed by atoms with Crippen LogP contribution in [0.1, 0.15) is 90.7 Å². The minimum absolute atomic E-state index is 0.0140. The van der Waals surface area contributed by atoms with Gasteiger partial charge in [-0.15, -0.1) is 0 Å². The molecule has 54 heavy (non-hydrogen) atoms. The average molecular weight is 757 g/mol. The largest absolute Gasteiger partial charge is 0.379 e. The second-order valence-corrected chi connectivity index (χ2v) is 13.5. The second-order valence-electron chi connectivity index (χ2n) is 13.5. The third kappa shape index (κ3) is 20.3. The zero-order valence-corrected chi connectivity index (χ0v) is 32.9. The van der Waals surface area contributed by atoms with Crippen LogP contribution >= 0.6 is 0 Å². The summed E-state index contributed by atoms with van der Waals surface area (Å²) in [6.45, 7) is 10.9. The van der Waals surface area contributed by atoms with Crippen LogP contribution in [0, 0.1) is 0 Å². The third-order valence-corrected chi connectivity index (χ3v) is 8.31. The lowest BCUT2D eigenvalue weighted by Crippen LogP contribution is -2.47. The smallest absolute Gasteiger partial charge is 0.312 e. The second kappa shape index (κ2) is 26.5. The summed E-state index contributed by atoms with van der Waals surface area (Å²) >= 11 is 0. The van der Waals surface area contributed by atoms with E-state index in [1.807, 2.05) is 32.9 Å². The molecule has 6 N–H and O–H groups in total. The summed E-state index contributed by atoms with van der Waals surface area (Å²) in [5.41, 5.74) is 7.40. The van der Waals surface area contributed by atoms with E-state index in [2.05, 4.69) is 35.1 Å². The molecular weight excluding hydrogens is 695 g/mol. The highest BCUT2D eigenvalue weighted by molar-refractivity contribution is 6.12. The van der Waals surface area contributed by atoms with Crippen molar-refractivity contribution in [1.29, 1.82) is 0 Å². The van der Waals surface area contributed by atoms with Gasteiger partial charge in [0.1, 0.15) is 6.04 Å². The molecule has 2 rings (SSSR count). The van der Waals surface area contributed by atoms with E-state index in [1.165, 1.54) is 18.6 Å². The van der Waals surface area contributed by atoms with Gasteiger partial charge in [-0.1, -0.05) is 38.2 Å². The SMILES string of the molecule is CCC.[B]Cc1ccc(NC(=O)C(CCCNC(N)=O)NC(=O)CNC(=O)CCOCCN2C(=O)C=CC2=O)cc1CCCC(C)OCCC(C)(C)OC. The maximum atomic E-state index is 13.4. The van der Waals surface area contributed by atoms with Crippen LogP contribution in [-0.2, 0) is 50.9 Å². The molecule has 0 fully saturated rings. The third-order valence-electron chi connectivity index (χ3n) is 8.31. The Balaban J connectivity index is 0.00000469. The number of ether oxygens (including phenoxy) is 3. The number of primary amides is 1. The van der Waals surface area contributed by atoms with Gasteiger partial charge in [-0.2, -0.15) is 0 Å². The number of hydrogen-bond acceptors (Lipinski definition) is 9. The zero-order valence-electron chi connectivity index (χ0n) is 32.9. The molecule has 2 unspecified atom stereocenters. The Morgan fingerprint density at radius 1 is 0.944 bits per heavy atom. The van der Waals surface area contributed by atoms with E-state index in [0.29, 0.717) is 25.0 Å². The van der Waals surface area contributed by atoms with Gasteiger partial charge >= 0.3 is 6.03 Å². The van der Waals surface area contributed by atoms with Crippen molar-refractivity contribution in [3.63, 3.8) is 0 Å². The molecule has 300 valence electrons. The monoisotopic (exact) mass is 756 g/mol. The molecule has 7 amide bonds. The van der Waals surface area contributed by atoms with Crippen molar-refractivity contribution in [2.75, 3.05) is 51.9 Å². The molecule has 1 aromatic rings. The predicted octanol–water partition coefficient (Wildman–Crippen LogP) is 2.63.